The van der Waals surface area contributed by atoms with Crippen LogP contribution < -0.4 is 5.73 Å². The van der Waals surface area contributed by atoms with Gasteiger partial charge < -0.3 is 30.2 Å². The smallest absolute Gasteiger partial charge is 0.405 e. The molecular weight excluding hydrogens is 789 g/mol. The molecule has 3 atom stereocenters. The fourth-order valence-electron chi connectivity index (χ4n) is 10.9. The third kappa shape index (κ3) is 8.66. The van der Waals surface area contributed by atoms with Gasteiger partial charge in [0.25, 0.3) is 0 Å². The number of likely N-dealkylation sites (tertiary alicyclic amines) is 3. The molecule has 2 unspecified atom stereocenters. The summed E-state index contributed by atoms with van der Waals surface area (Å²) in [5, 5.41) is 0. The molecular formula is C51H62N8O4. The summed E-state index contributed by atoms with van der Waals surface area (Å²) in [6, 6.07) is 26.9. The predicted octanol–water partition coefficient (Wildman–Crippen LogP) is 9.76. The maximum atomic E-state index is 14.4. The van der Waals surface area contributed by atoms with Gasteiger partial charge >= 0.3 is 6.09 Å². The Labute approximate surface area is 371 Å². The van der Waals surface area contributed by atoms with Gasteiger partial charge in [-0.15, -0.1) is 0 Å². The highest BCUT2D eigenvalue weighted by Crippen LogP contribution is 2.48. The van der Waals surface area contributed by atoms with Crippen molar-refractivity contribution in [3.05, 3.63) is 108 Å². The number of piperidine rings is 1. The van der Waals surface area contributed by atoms with Gasteiger partial charge in [-0.2, -0.15) is 0 Å². The number of H-pyrrole nitrogens is 2. The highest BCUT2D eigenvalue weighted by Gasteiger charge is 2.49. The van der Waals surface area contributed by atoms with E-state index < -0.39 is 11.7 Å². The minimum Gasteiger partial charge on any atom is -0.443 e. The highest BCUT2D eigenvalue weighted by atomic mass is 16.6. The Balaban J connectivity index is 0.832. The lowest BCUT2D eigenvalue weighted by Crippen LogP contribution is -2.51. The molecule has 5 heterocycles. The van der Waals surface area contributed by atoms with Crippen molar-refractivity contribution in [2.45, 2.75) is 115 Å². The number of nitrogens with one attached hydrogen (secondary N) is 2. The van der Waals surface area contributed by atoms with Crippen molar-refractivity contribution in [2.24, 2.45) is 17.1 Å². The summed E-state index contributed by atoms with van der Waals surface area (Å²) < 4.78 is 5.72. The topological polar surface area (TPSA) is 154 Å². The summed E-state index contributed by atoms with van der Waals surface area (Å²) in [7, 11) is 0. The first kappa shape index (κ1) is 42.5. The third-order valence-corrected chi connectivity index (χ3v) is 14.5. The van der Waals surface area contributed by atoms with E-state index in [0.29, 0.717) is 32.2 Å². The first-order chi connectivity index (χ1) is 30.5. The minimum atomic E-state index is -0.754. The van der Waals surface area contributed by atoms with Gasteiger partial charge in [0.05, 0.1) is 35.9 Å². The van der Waals surface area contributed by atoms with Crippen molar-refractivity contribution in [1.82, 2.24) is 34.6 Å². The molecule has 1 saturated carbocycles. The summed E-state index contributed by atoms with van der Waals surface area (Å²) in [4.78, 5) is 63.4. The molecule has 1 aliphatic carbocycles. The fourth-order valence-corrected chi connectivity index (χ4v) is 10.9. The number of nitrogens with two attached hydrogens (primary N) is 1. The Morgan fingerprint density at radius 1 is 0.667 bits per heavy atom. The van der Waals surface area contributed by atoms with Crippen LogP contribution >= 0.6 is 0 Å². The molecule has 330 valence electrons. The normalized spacial score (nSPS) is 23.8. The van der Waals surface area contributed by atoms with Crippen LogP contribution in [0.4, 0.5) is 4.79 Å². The molecule has 3 amide bonds. The molecule has 0 bridgehead atoms. The summed E-state index contributed by atoms with van der Waals surface area (Å²) in [6.07, 6.45) is 12.7. The summed E-state index contributed by atoms with van der Waals surface area (Å²) in [5.74, 6) is 1.89. The standard InChI is InChI=1S/C51H62N8O4/c1-50(2,3)51(63-49(52)62)26-24-39(25-27-51)47(60)58-30-10-14-42(58)45-53-32-40(55-45)36-20-16-34(17-21-36)35-18-22-37(23-19-35)41-33-54-46(56-41)43-15-11-31-59(43)48(61)44(38-12-6-4-7-13-38)57-28-8-5-9-29-57/h4,6-7,12-13,16-23,32-33,39,42-44H,5,8-11,14-15,24-31H2,1-3H3,(H2,52,62)(H,53,55)(H,54,56)/t39-,42-,43?,44?,51+/m0/s1. The Morgan fingerprint density at radius 3 is 1.70 bits per heavy atom. The van der Waals surface area contributed by atoms with Crippen molar-refractivity contribution in [2.75, 3.05) is 26.2 Å². The molecule has 63 heavy (non-hydrogen) atoms. The van der Waals surface area contributed by atoms with E-state index >= 15 is 0 Å². The first-order valence-electron chi connectivity index (χ1n) is 23.2. The van der Waals surface area contributed by atoms with Gasteiger partial charge in [-0.05, 0) is 105 Å². The number of nitrogens with zero attached hydrogens (tertiary/aromatic N) is 5. The molecule has 3 aliphatic heterocycles. The van der Waals surface area contributed by atoms with Gasteiger partial charge in [-0.1, -0.05) is 106 Å². The molecule has 4 fully saturated rings. The van der Waals surface area contributed by atoms with Crippen molar-refractivity contribution in [3.63, 3.8) is 0 Å². The molecule has 5 aromatic rings. The van der Waals surface area contributed by atoms with E-state index in [0.717, 1.165) is 109 Å². The maximum Gasteiger partial charge on any atom is 0.405 e. The average Bonchev–Trinajstić information content (AvgIpc) is 4.14. The molecule has 12 nitrogen and oxygen atoms in total. The number of benzene rings is 3. The largest absolute Gasteiger partial charge is 0.443 e. The zero-order valence-electron chi connectivity index (χ0n) is 37.0. The Bertz CT molecular complexity index is 2370. The van der Waals surface area contributed by atoms with Gasteiger partial charge in [0.1, 0.15) is 23.3 Å². The highest BCUT2D eigenvalue weighted by molar-refractivity contribution is 5.84. The van der Waals surface area contributed by atoms with E-state index in [4.69, 9.17) is 20.4 Å². The van der Waals surface area contributed by atoms with Crippen LogP contribution in [0.2, 0.25) is 0 Å². The molecule has 2 aromatic heterocycles. The lowest BCUT2D eigenvalue weighted by molar-refractivity contribution is -0.143. The molecule has 0 spiro atoms. The van der Waals surface area contributed by atoms with Crippen molar-refractivity contribution < 1.29 is 19.1 Å². The van der Waals surface area contributed by atoms with E-state index in [1.807, 2.05) is 35.5 Å². The number of aromatic amines is 2. The number of rotatable bonds is 10. The number of amides is 3. The minimum absolute atomic E-state index is 0.0744. The number of imidazole rings is 2. The number of hydrogen-bond acceptors (Lipinski definition) is 7. The van der Waals surface area contributed by atoms with Crippen molar-refractivity contribution >= 4 is 17.9 Å². The second-order valence-corrected chi connectivity index (χ2v) is 19.2. The summed E-state index contributed by atoms with van der Waals surface area (Å²) in [6.45, 7) is 9.55. The fraction of sp³-hybridized carbons (Fsp3) is 0.471. The Hall–Kier alpha value is -5.75. The summed E-state index contributed by atoms with van der Waals surface area (Å²) >= 11 is 0. The van der Waals surface area contributed by atoms with Crippen LogP contribution in [0.5, 0.6) is 0 Å². The molecule has 0 radical (unpaired) electrons. The second-order valence-electron chi connectivity index (χ2n) is 19.2. The Morgan fingerprint density at radius 2 is 1.17 bits per heavy atom. The lowest BCUT2D eigenvalue weighted by atomic mass is 9.65. The van der Waals surface area contributed by atoms with Crippen LogP contribution in [0.25, 0.3) is 33.6 Å². The predicted molar refractivity (Wildman–Crippen MR) is 244 cm³/mol. The van der Waals surface area contributed by atoms with Crippen molar-refractivity contribution in [1.29, 1.82) is 0 Å². The SMILES string of the molecule is CC(C)(C)[C@]1(OC(N)=O)CC[C@@H](C(=O)N2CCC[C@H]2c2ncc(-c3ccc(-c4ccc(-c5cnc(C6CCCN6C(=O)C(c6ccccc6)N6CCCCC6)[nH]5)cc4)cc3)[nH]2)CC1. The van der Waals surface area contributed by atoms with E-state index in [2.05, 4.69) is 101 Å². The molecule has 3 saturated heterocycles. The number of carbonyl (C=O) groups is 3. The monoisotopic (exact) mass is 850 g/mol. The lowest BCUT2D eigenvalue weighted by Gasteiger charge is -2.47. The molecule has 4 N–H and O–H groups in total. The van der Waals surface area contributed by atoms with Gasteiger partial charge in [0.15, 0.2) is 0 Å². The van der Waals surface area contributed by atoms with Crippen LogP contribution in [0, 0.1) is 11.3 Å². The van der Waals surface area contributed by atoms with E-state index in [-0.39, 0.29) is 41.3 Å². The number of primary amides is 1. The quantitative estimate of drug-likeness (QED) is 0.126. The number of aromatic nitrogens is 4. The van der Waals surface area contributed by atoms with Gasteiger partial charge in [-0.25, -0.2) is 14.8 Å². The zero-order chi connectivity index (χ0) is 43.7. The number of ether oxygens (including phenoxy) is 1. The van der Waals surface area contributed by atoms with Crippen LogP contribution in [0.1, 0.15) is 127 Å². The molecule has 12 heteroatoms. The van der Waals surface area contributed by atoms with Crippen LogP contribution in [0.3, 0.4) is 0 Å². The van der Waals surface area contributed by atoms with Gasteiger partial charge in [-0.3, -0.25) is 14.5 Å². The van der Waals surface area contributed by atoms with E-state index in [9.17, 15) is 14.4 Å². The van der Waals surface area contributed by atoms with Crippen LogP contribution in [-0.2, 0) is 14.3 Å². The van der Waals surface area contributed by atoms with E-state index in [1.165, 1.54) is 6.42 Å². The van der Waals surface area contributed by atoms with Crippen molar-refractivity contribution in [3.8, 4) is 33.6 Å². The number of carbonyl (C=O) groups excluding carboxylic acids is 3. The van der Waals surface area contributed by atoms with E-state index in [1.54, 1.807) is 0 Å². The Kier molecular flexibility index (Phi) is 12.0. The third-order valence-electron chi connectivity index (χ3n) is 14.5. The second kappa shape index (κ2) is 17.8. The first-order valence-corrected chi connectivity index (χ1v) is 23.2. The summed E-state index contributed by atoms with van der Waals surface area (Å²) in [5.41, 5.74) is 11.8. The number of hydrogen-bond donors (Lipinski definition) is 3. The van der Waals surface area contributed by atoms with Crippen LogP contribution in [-0.4, -0.2) is 84.3 Å². The zero-order valence-corrected chi connectivity index (χ0v) is 37.0. The van der Waals surface area contributed by atoms with Gasteiger partial charge in [0, 0.05) is 24.4 Å². The average molecular weight is 851 g/mol. The molecule has 4 aliphatic rings. The molecule has 3 aromatic carbocycles. The molecule has 9 rings (SSSR count). The maximum absolute atomic E-state index is 14.4. The van der Waals surface area contributed by atoms with Gasteiger partial charge in [0.2, 0.25) is 11.8 Å². The van der Waals surface area contributed by atoms with Crippen LogP contribution in [0.15, 0.2) is 91.3 Å².